The van der Waals surface area contributed by atoms with Crippen LogP contribution in [0.25, 0.3) is 0 Å². The Morgan fingerprint density at radius 3 is 2.27 bits per heavy atom. The molecule has 4 fully saturated rings. The lowest BCUT2D eigenvalue weighted by Gasteiger charge is -2.62. The Hall–Kier alpha value is 0.270. The molecule has 2 N–H and O–H groups in total. The maximum atomic E-state index is 10.9. The van der Waals surface area contributed by atoms with E-state index in [1.54, 1.807) is 0 Å². The maximum Gasteiger partial charge on any atom is 0.0659 e. The second-order valence-electron chi connectivity index (χ2n) is 9.51. The molecular formula is C19H35NOS. The molecule has 2 nitrogen and oxygen atoms in total. The number of thioether (sulfide) groups is 1. The van der Waals surface area contributed by atoms with E-state index in [9.17, 15) is 5.11 Å². The second kappa shape index (κ2) is 5.67. The van der Waals surface area contributed by atoms with Crippen LogP contribution in [0, 0.1) is 17.3 Å². The third-order valence-corrected chi connectivity index (χ3v) is 8.15. The fourth-order valence-electron chi connectivity index (χ4n) is 6.27. The first kappa shape index (κ1) is 17.1. The molecule has 0 radical (unpaired) electrons. The normalized spacial score (nSPS) is 43.4. The van der Waals surface area contributed by atoms with Crippen molar-refractivity contribution in [2.24, 2.45) is 17.3 Å². The number of hydrogen-bond acceptors (Lipinski definition) is 3. The maximum absolute atomic E-state index is 10.9. The minimum Gasteiger partial charge on any atom is -0.390 e. The van der Waals surface area contributed by atoms with Crippen LogP contribution in [-0.4, -0.2) is 33.8 Å². The predicted molar refractivity (Wildman–Crippen MR) is 96.3 cm³/mol. The van der Waals surface area contributed by atoms with Crippen LogP contribution < -0.4 is 5.32 Å². The highest BCUT2D eigenvalue weighted by atomic mass is 32.2. The largest absolute Gasteiger partial charge is 0.390 e. The van der Waals surface area contributed by atoms with Gasteiger partial charge in [-0.15, -0.1) is 0 Å². The third-order valence-electron chi connectivity index (χ3n) is 6.88. The molecule has 0 aromatic carbocycles. The molecule has 0 aromatic rings. The van der Waals surface area contributed by atoms with Gasteiger partial charge in [-0.25, -0.2) is 0 Å². The first-order valence-corrected chi connectivity index (χ1v) is 10.4. The van der Waals surface area contributed by atoms with Gasteiger partial charge in [0.2, 0.25) is 0 Å². The minimum absolute atomic E-state index is 0.332. The lowest BCUT2D eigenvalue weighted by atomic mass is 9.46. The Morgan fingerprint density at radius 1 is 1.18 bits per heavy atom. The van der Waals surface area contributed by atoms with E-state index in [0.29, 0.717) is 22.2 Å². The van der Waals surface area contributed by atoms with Crippen molar-refractivity contribution in [3.05, 3.63) is 0 Å². The molecule has 0 aromatic heterocycles. The highest BCUT2D eigenvalue weighted by molar-refractivity contribution is 7.99. The van der Waals surface area contributed by atoms with Crippen molar-refractivity contribution in [2.45, 2.75) is 95.1 Å². The number of hydrogen-bond donors (Lipinski definition) is 2. The molecule has 0 aliphatic heterocycles. The molecule has 4 rings (SSSR count). The number of rotatable bonds is 6. The van der Waals surface area contributed by atoms with Crippen LogP contribution in [-0.2, 0) is 0 Å². The van der Waals surface area contributed by atoms with Crippen molar-refractivity contribution in [1.82, 2.24) is 5.32 Å². The van der Waals surface area contributed by atoms with Gasteiger partial charge >= 0.3 is 0 Å². The van der Waals surface area contributed by atoms with E-state index in [4.69, 9.17) is 0 Å². The summed E-state index contributed by atoms with van der Waals surface area (Å²) in [6.07, 6.45) is 10.7. The Balaban J connectivity index is 1.66. The van der Waals surface area contributed by atoms with Crippen LogP contribution in [0.1, 0.15) is 72.6 Å². The molecule has 0 saturated heterocycles. The SMILES string of the molecule is CSC(C)(C)C[C@@H](C)N[C@H](C)C12C[C@H]3C[C@@H](CC(O)(C3)C1)C2. The van der Waals surface area contributed by atoms with Gasteiger partial charge in [-0.2, -0.15) is 11.8 Å². The Bertz CT molecular complexity index is 408. The van der Waals surface area contributed by atoms with Crippen LogP contribution in [0.15, 0.2) is 0 Å². The van der Waals surface area contributed by atoms with E-state index >= 15 is 0 Å². The summed E-state index contributed by atoms with van der Waals surface area (Å²) in [5.74, 6) is 1.57. The molecule has 0 spiro atoms. The van der Waals surface area contributed by atoms with Crippen LogP contribution in [0.3, 0.4) is 0 Å². The first-order chi connectivity index (χ1) is 10.2. The van der Waals surface area contributed by atoms with Crippen molar-refractivity contribution < 1.29 is 5.11 Å². The van der Waals surface area contributed by atoms with Gasteiger partial charge in [0.15, 0.2) is 0 Å². The number of nitrogens with one attached hydrogen (secondary N) is 1. The average molecular weight is 326 g/mol. The molecule has 4 aliphatic rings. The first-order valence-electron chi connectivity index (χ1n) is 9.19. The highest BCUT2D eigenvalue weighted by Crippen LogP contribution is 2.62. The van der Waals surface area contributed by atoms with Gasteiger partial charge in [-0.05, 0) is 82.3 Å². The van der Waals surface area contributed by atoms with Gasteiger partial charge in [0, 0.05) is 16.8 Å². The third kappa shape index (κ3) is 3.23. The highest BCUT2D eigenvalue weighted by Gasteiger charge is 2.58. The van der Waals surface area contributed by atoms with Crippen LogP contribution in [0.2, 0.25) is 0 Å². The summed E-state index contributed by atoms with van der Waals surface area (Å²) >= 11 is 1.96. The van der Waals surface area contributed by atoms with Crippen molar-refractivity contribution in [3.63, 3.8) is 0 Å². The monoisotopic (exact) mass is 325 g/mol. The lowest BCUT2D eigenvalue weighted by molar-refractivity contribution is -0.172. The summed E-state index contributed by atoms with van der Waals surface area (Å²) < 4.78 is 0.339. The molecule has 0 heterocycles. The van der Waals surface area contributed by atoms with Crippen LogP contribution in [0.4, 0.5) is 0 Å². The van der Waals surface area contributed by atoms with E-state index < -0.39 is 0 Å². The smallest absolute Gasteiger partial charge is 0.0659 e. The van der Waals surface area contributed by atoms with Gasteiger partial charge in [-0.3, -0.25) is 0 Å². The molecule has 4 bridgehead atoms. The van der Waals surface area contributed by atoms with E-state index in [0.717, 1.165) is 31.1 Å². The van der Waals surface area contributed by atoms with E-state index in [-0.39, 0.29) is 5.60 Å². The zero-order chi connectivity index (χ0) is 16.2. The summed E-state index contributed by atoms with van der Waals surface area (Å²) in [6.45, 7) is 9.41. The second-order valence-corrected chi connectivity index (χ2v) is 11.0. The summed E-state index contributed by atoms with van der Waals surface area (Å²) in [6, 6.07) is 1.07. The molecule has 4 aliphatic carbocycles. The van der Waals surface area contributed by atoms with Crippen molar-refractivity contribution >= 4 is 11.8 Å². The van der Waals surface area contributed by atoms with Crippen molar-refractivity contribution in [3.8, 4) is 0 Å². The summed E-state index contributed by atoms with van der Waals surface area (Å²) in [7, 11) is 0. The van der Waals surface area contributed by atoms with Crippen LogP contribution in [0.5, 0.6) is 0 Å². The molecular weight excluding hydrogens is 290 g/mol. The van der Waals surface area contributed by atoms with Gasteiger partial charge in [-0.1, -0.05) is 13.8 Å². The van der Waals surface area contributed by atoms with E-state index in [1.165, 1.54) is 25.7 Å². The summed E-state index contributed by atoms with van der Waals surface area (Å²) in [5, 5.41) is 14.9. The van der Waals surface area contributed by atoms with E-state index in [2.05, 4.69) is 39.3 Å². The molecule has 128 valence electrons. The van der Waals surface area contributed by atoms with Crippen LogP contribution >= 0.6 is 11.8 Å². The van der Waals surface area contributed by atoms with Crippen molar-refractivity contribution in [1.29, 1.82) is 0 Å². The topological polar surface area (TPSA) is 32.3 Å². The van der Waals surface area contributed by atoms with E-state index in [1.807, 2.05) is 11.8 Å². The van der Waals surface area contributed by atoms with Gasteiger partial charge in [0.05, 0.1) is 5.60 Å². The fraction of sp³-hybridized carbons (Fsp3) is 1.00. The predicted octanol–water partition coefficient (Wildman–Crippen LogP) is 4.22. The Kier molecular flexibility index (Phi) is 4.41. The van der Waals surface area contributed by atoms with Crippen molar-refractivity contribution in [2.75, 3.05) is 6.26 Å². The lowest BCUT2D eigenvalue weighted by Crippen LogP contribution is -2.62. The number of aliphatic hydroxyl groups is 1. The average Bonchev–Trinajstić information content (AvgIpc) is 2.34. The molecule has 4 saturated carbocycles. The Morgan fingerprint density at radius 2 is 1.77 bits per heavy atom. The zero-order valence-corrected chi connectivity index (χ0v) is 15.9. The van der Waals surface area contributed by atoms with Gasteiger partial charge in [0.25, 0.3) is 0 Å². The minimum atomic E-state index is -0.332. The standard InChI is InChI=1S/C19H35NOS/c1-13(7-17(3,4)22-5)20-14(2)18-8-15-6-16(9-18)11-19(21,10-15)12-18/h13-16,20-21H,6-12H2,1-5H3/t13-,14-,15-,16-,18?,19?/m1/s1. The molecule has 0 unspecified atom stereocenters. The fourth-order valence-corrected chi connectivity index (χ4v) is 6.69. The summed E-state index contributed by atoms with van der Waals surface area (Å²) in [5.41, 5.74) is 0.0262. The zero-order valence-electron chi connectivity index (χ0n) is 15.1. The van der Waals surface area contributed by atoms with Gasteiger partial charge in [0.1, 0.15) is 0 Å². The molecule has 3 heteroatoms. The molecule has 0 amide bonds. The molecule has 22 heavy (non-hydrogen) atoms. The summed E-state index contributed by atoms with van der Waals surface area (Å²) in [4.78, 5) is 0. The Labute approximate surface area is 141 Å². The quantitative estimate of drug-likeness (QED) is 0.767. The molecule has 4 atom stereocenters. The van der Waals surface area contributed by atoms with Gasteiger partial charge < -0.3 is 10.4 Å².